The van der Waals surface area contributed by atoms with Crippen molar-refractivity contribution in [1.29, 1.82) is 0 Å². The molecular formula is C25H25N5O4S. The zero-order valence-electron chi connectivity index (χ0n) is 19.3. The maximum absolute atomic E-state index is 12.9. The molecule has 0 atom stereocenters. The summed E-state index contributed by atoms with van der Waals surface area (Å²) in [7, 11) is 0. The molecule has 0 saturated heterocycles. The van der Waals surface area contributed by atoms with Crippen LogP contribution in [-0.2, 0) is 4.79 Å². The van der Waals surface area contributed by atoms with E-state index in [1.807, 2.05) is 24.3 Å². The Kier molecular flexibility index (Phi) is 8.85. The SMILES string of the molecule is CCN(CC)c1ccc(C=C(NC(=O)c2ccccc2)C(=O)NN=Cc2ccc([N+](=O)[O-])s2)cc1. The summed E-state index contributed by atoms with van der Waals surface area (Å²) in [6, 6.07) is 19.1. The Labute approximate surface area is 206 Å². The standard InChI is InChI=1S/C25H25N5O4S/c1-3-29(4-2)20-12-10-18(11-13-20)16-22(27-24(31)19-8-6-5-7-9-19)25(32)28-26-17-21-14-15-23(35-21)30(33)34/h5-17H,3-4H2,1-2H3,(H,27,31)(H,28,32). The van der Waals surface area contributed by atoms with Gasteiger partial charge in [-0.3, -0.25) is 19.7 Å². The molecule has 2 N–H and O–H groups in total. The quantitative estimate of drug-likeness (QED) is 0.188. The Morgan fingerprint density at radius 3 is 2.31 bits per heavy atom. The number of nitrogens with one attached hydrogen (secondary N) is 2. The second kappa shape index (κ2) is 12.2. The number of amides is 2. The molecule has 35 heavy (non-hydrogen) atoms. The molecule has 10 heteroatoms. The summed E-state index contributed by atoms with van der Waals surface area (Å²) in [5, 5.41) is 17.3. The van der Waals surface area contributed by atoms with Gasteiger partial charge in [0.25, 0.3) is 11.8 Å². The topological polar surface area (TPSA) is 117 Å². The van der Waals surface area contributed by atoms with Crippen molar-refractivity contribution in [3.05, 3.63) is 98.5 Å². The van der Waals surface area contributed by atoms with E-state index in [-0.39, 0.29) is 10.7 Å². The Morgan fingerprint density at radius 2 is 1.71 bits per heavy atom. The largest absolute Gasteiger partial charge is 0.372 e. The third-order valence-corrected chi connectivity index (χ3v) is 5.98. The van der Waals surface area contributed by atoms with Crippen molar-refractivity contribution in [1.82, 2.24) is 10.7 Å². The monoisotopic (exact) mass is 491 g/mol. The molecule has 0 aliphatic heterocycles. The highest BCUT2D eigenvalue weighted by atomic mass is 32.1. The van der Waals surface area contributed by atoms with Gasteiger partial charge >= 0.3 is 5.00 Å². The Balaban J connectivity index is 1.81. The van der Waals surface area contributed by atoms with E-state index in [4.69, 9.17) is 0 Å². The summed E-state index contributed by atoms with van der Waals surface area (Å²) in [6.07, 6.45) is 2.87. The Morgan fingerprint density at radius 1 is 1.03 bits per heavy atom. The van der Waals surface area contributed by atoms with Crippen LogP contribution in [0.5, 0.6) is 0 Å². The van der Waals surface area contributed by atoms with Crippen LogP contribution < -0.4 is 15.6 Å². The molecule has 0 saturated carbocycles. The van der Waals surface area contributed by atoms with Crippen LogP contribution in [0, 0.1) is 10.1 Å². The average molecular weight is 492 g/mol. The Bertz CT molecular complexity index is 1230. The lowest BCUT2D eigenvalue weighted by Crippen LogP contribution is -2.32. The van der Waals surface area contributed by atoms with Gasteiger partial charge in [-0.2, -0.15) is 5.10 Å². The van der Waals surface area contributed by atoms with Crippen molar-refractivity contribution >= 4 is 46.1 Å². The average Bonchev–Trinajstić information content (AvgIpc) is 3.35. The van der Waals surface area contributed by atoms with Crippen molar-refractivity contribution in [2.24, 2.45) is 5.10 Å². The second-order valence-electron chi connectivity index (χ2n) is 7.27. The van der Waals surface area contributed by atoms with Crippen LogP contribution in [0.2, 0.25) is 0 Å². The van der Waals surface area contributed by atoms with Gasteiger partial charge in [0.2, 0.25) is 0 Å². The first kappa shape index (κ1) is 25.3. The molecule has 9 nitrogen and oxygen atoms in total. The number of anilines is 1. The van der Waals surface area contributed by atoms with E-state index < -0.39 is 16.7 Å². The predicted octanol–water partition coefficient (Wildman–Crippen LogP) is 4.42. The molecule has 0 aliphatic carbocycles. The molecule has 2 aromatic carbocycles. The van der Waals surface area contributed by atoms with Crippen LogP contribution in [0.25, 0.3) is 6.08 Å². The van der Waals surface area contributed by atoms with E-state index >= 15 is 0 Å². The number of nitrogens with zero attached hydrogens (tertiary/aromatic N) is 3. The van der Waals surface area contributed by atoms with Gasteiger partial charge < -0.3 is 10.2 Å². The summed E-state index contributed by atoms with van der Waals surface area (Å²) in [5.74, 6) is -1.07. The van der Waals surface area contributed by atoms with Gasteiger partial charge in [0.1, 0.15) is 5.70 Å². The molecule has 3 aromatic rings. The van der Waals surface area contributed by atoms with Crippen LogP contribution in [0.1, 0.15) is 34.6 Å². The first-order valence-corrected chi connectivity index (χ1v) is 11.7. The van der Waals surface area contributed by atoms with Crippen molar-refractivity contribution in [2.45, 2.75) is 13.8 Å². The fourth-order valence-electron chi connectivity index (χ4n) is 3.20. The third kappa shape index (κ3) is 7.08. The van der Waals surface area contributed by atoms with Gasteiger partial charge in [-0.1, -0.05) is 41.7 Å². The summed E-state index contributed by atoms with van der Waals surface area (Å²) in [4.78, 5) is 38.6. The molecule has 0 aliphatic rings. The molecular weight excluding hydrogens is 466 g/mol. The highest BCUT2D eigenvalue weighted by Crippen LogP contribution is 2.22. The van der Waals surface area contributed by atoms with Gasteiger partial charge in [0.15, 0.2) is 0 Å². The number of nitro groups is 1. The van der Waals surface area contributed by atoms with Gasteiger partial charge in [0.05, 0.1) is 16.0 Å². The molecule has 0 spiro atoms. The van der Waals surface area contributed by atoms with Crippen LogP contribution in [0.4, 0.5) is 10.7 Å². The minimum absolute atomic E-state index is 0.00347. The van der Waals surface area contributed by atoms with Crippen LogP contribution in [-0.4, -0.2) is 36.0 Å². The minimum atomic E-state index is -0.635. The van der Waals surface area contributed by atoms with E-state index in [2.05, 4.69) is 34.6 Å². The van der Waals surface area contributed by atoms with E-state index in [1.165, 1.54) is 18.3 Å². The molecule has 0 fully saturated rings. The van der Waals surface area contributed by atoms with E-state index in [0.717, 1.165) is 35.7 Å². The van der Waals surface area contributed by atoms with Gasteiger partial charge in [-0.25, -0.2) is 5.43 Å². The lowest BCUT2D eigenvalue weighted by Gasteiger charge is -2.20. The molecule has 0 bridgehead atoms. The second-order valence-corrected chi connectivity index (χ2v) is 8.37. The molecule has 1 aromatic heterocycles. The van der Waals surface area contributed by atoms with Crippen LogP contribution in [0.15, 0.2) is 77.5 Å². The highest BCUT2D eigenvalue weighted by Gasteiger charge is 2.15. The molecule has 180 valence electrons. The number of hydrogen-bond donors (Lipinski definition) is 2. The lowest BCUT2D eigenvalue weighted by molar-refractivity contribution is -0.380. The predicted molar refractivity (Wildman–Crippen MR) is 139 cm³/mol. The van der Waals surface area contributed by atoms with E-state index in [0.29, 0.717) is 10.4 Å². The number of rotatable bonds is 10. The summed E-state index contributed by atoms with van der Waals surface area (Å²) < 4.78 is 0. The minimum Gasteiger partial charge on any atom is -0.372 e. The van der Waals surface area contributed by atoms with E-state index in [1.54, 1.807) is 36.4 Å². The van der Waals surface area contributed by atoms with Crippen molar-refractivity contribution < 1.29 is 14.5 Å². The maximum Gasteiger partial charge on any atom is 0.324 e. The first-order valence-electron chi connectivity index (χ1n) is 10.9. The van der Waals surface area contributed by atoms with Gasteiger partial charge in [0, 0.05) is 30.4 Å². The normalized spacial score (nSPS) is 11.3. The lowest BCUT2D eigenvalue weighted by atomic mass is 10.1. The van der Waals surface area contributed by atoms with Crippen molar-refractivity contribution in [2.75, 3.05) is 18.0 Å². The van der Waals surface area contributed by atoms with E-state index in [9.17, 15) is 19.7 Å². The molecule has 0 unspecified atom stereocenters. The van der Waals surface area contributed by atoms with Crippen molar-refractivity contribution in [3.63, 3.8) is 0 Å². The zero-order valence-corrected chi connectivity index (χ0v) is 20.1. The number of hydrazone groups is 1. The number of carbonyl (C=O) groups excluding carboxylic acids is 2. The van der Waals surface area contributed by atoms with Gasteiger partial charge in [-0.05, 0) is 55.8 Å². The maximum atomic E-state index is 12.9. The first-order chi connectivity index (χ1) is 16.9. The number of benzene rings is 2. The van der Waals surface area contributed by atoms with Gasteiger partial charge in [-0.15, -0.1) is 0 Å². The zero-order chi connectivity index (χ0) is 25.2. The molecule has 1 heterocycles. The van der Waals surface area contributed by atoms with Crippen molar-refractivity contribution in [3.8, 4) is 0 Å². The van der Waals surface area contributed by atoms with Crippen LogP contribution in [0.3, 0.4) is 0 Å². The summed E-state index contributed by atoms with van der Waals surface area (Å²) in [5.41, 5.74) is 4.55. The number of hydrogen-bond acceptors (Lipinski definition) is 7. The Hall–Kier alpha value is -4.31. The highest BCUT2D eigenvalue weighted by molar-refractivity contribution is 7.16. The number of carbonyl (C=O) groups is 2. The summed E-state index contributed by atoms with van der Waals surface area (Å²) in [6.45, 7) is 5.90. The van der Waals surface area contributed by atoms with Crippen LogP contribution >= 0.6 is 11.3 Å². The molecule has 0 radical (unpaired) electrons. The fourth-order valence-corrected chi connectivity index (χ4v) is 3.90. The smallest absolute Gasteiger partial charge is 0.324 e. The number of thiophene rings is 1. The molecule has 3 rings (SSSR count). The molecule has 2 amide bonds. The summed E-state index contributed by atoms with van der Waals surface area (Å²) >= 11 is 0.931. The fraction of sp³-hybridized carbons (Fsp3) is 0.160. The third-order valence-electron chi connectivity index (χ3n) is 5.01.